The Morgan fingerprint density at radius 1 is 1.17 bits per heavy atom. The quantitative estimate of drug-likeness (QED) is 0.595. The van der Waals surface area contributed by atoms with E-state index in [1.54, 1.807) is 0 Å². The van der Waals surface area contributed by atoms with Crippen LogP contribution in [0.4, 0.5) is 5.69 Å². The van der Waals surface area contributed by atoms with Crippen LogP contribution in [-0.4, -0.2) is 41.2 Å². The van der Waals surface area contributed by atoms with E-state index in [9.17, 15) is 15.2 Å². The molecule has 0 saturated heterocycles. The fourth-order valence-corrected chi connectivity index (χ4v) is 2.39. The lowest BCUT2D eigenvalue weighted by Crippen LogP contribution is -2.34. The minimum atomic E-state index is -0.656. The highest BCUT2D eigenvalue weighted by atomic mass is 16.6. The molecule has 2 atom stereocenters. The Balaban J connectivity index is 1.82. The number of hydrogen-bond acceptors (Lipinski definition) is 5. The fourth-order valence-electron chi connectivity index (χ4n) is 2.39. The molecule has 6 nitrogen and oxygen atoms in total. The number of non-ortho nitro benzene ring substituents is 1. The fraction of sp³-hybridized carbons (Fsp3) is 0.333. The Morgan fingerprint density at radius 2 is 1.79 bits per heavy atom. The predicted octanol–water partition coefficient (Wildman–Crippen LogP) is 3.03. The van der Waals surface area contributed by atoms with E-state index in [1.807, 2.05) is 25.2 Å². The van der Waals surface area contributed by atoms with E-state index in [4.69, 9.17) is 4.74 Å². The van der Waals surface area contributed by atoms with Gasteiger partial charge < -0.3 is 9.84 Å². The molecule has 0 saturated carbocycles. The average Bonchev–Trinajstić information content (AvgIpc) is 2.60. The minimum absolute atomic E-state index is 0.0133. The van der Waals surface area contributed by atoms with E-state index >= 15 is 0 Å². The van der Waals surface area contributed by atoms with Gasteiger partial charge in [0.1, 0.15) is 18.5 Å². The lowest BCUT2D eigenvalue weighted by atomic mass is 10.1. The lowest BCUT2D eigenvalue weighted by molar-refractivity contribution is -0.384. The summed E-state index contributed by atoms with van der Waals surface area (Å²) in [5, 5.41) is 20.7. The average molecular weight is 330 g/mol. The first-order chi connectivity index (χ1) is 11.5. The van der Waals surface area contributed by atoms with Crippen molar-refractivity contribution in [3.63, 3.8) is 0 Å². The Morgan fingerprint density at radius 3 is 2.38 bits per heavy atom. The van der Waals surface area contributed by atoms with Crippen LogP contribution in [0.1, 0.15) is 18.5 Å². The van der Waals surface area contributed by atoms with Crippen molar-refractivity contribution in [2.75, 3.05) is 20.2 Å². The van der Waals surface area contributed by atoms with Crippen molar-refractivity contribution in [3.05, 3.63) is 70.3 Å². The van der Waals surface area contributed by atoms with Crippen molar-refractivity contribution in [1.29, 1.82) is 0 Å². The molecule has 0 amide bonds. The molecule has 0 radical (unpaired) electrons. The second-order valence-electron chi connectivity index (χ2n) is 5.74. The van der Waals surface area contributed by atoms with Gasteiger partial charge in [-0.25, -0.2) is 0 Å². The number of nitro groups is 1. The third kappa shape index (κ3) is 5.04. The smallest absolute Gasteiger partial charge is 0.269 e. The molecule has 2 rings (SSSR count). The zero-order valence-electron chi connectivity index (χ0n) is 13.8. The molecule has 6 heteroatoms. The first-order valence-corrected chi connectivity index (χ1v) is 7.78. The molecular formula is C18H22N2O4. The third-order valence-electron chi connectivity index (χ3n) is 3.93. The molecule has 2 unspecified atom stereocenters. The van der Waals surface area contributed by atoms with E-state index < -0.39 is 11.0 Å². The molecular weight excluding hydrogens is 308 g/mol. The van der Waals surface area contributed by atoms with Gasteiger partial charge in [0.05, 0.1) is 4.92 Å². The molecule has 1 N–H and O–H groups in total. The summed E-state index contributed by atoms with van der Waals surface area (Å²) in [4.78, 5) is 12.2. The molecule has 0 aliphatic rings. The summed E-state index contributed by atoms with van der Waals surface area (Å²) < 4.78 is 5.49. The van der Waals surface area contributed by atoms with Crippen molar-refractivity contribution in [3.8, 4) is 5.75 Å². The van der Waals surface area contributed by atoms with Gasteiger partial charge >= 0.3 is 0 Å². The summed E-state index contributed by atoms with van der Waals surface area (Å²) >= 11 is 0. The van der Waals surface area contributed by atoms with Crippen LogP contribution in [0.3, 0.4) is 0 Å². The number of benzene rings is 2. The zero-order chi connectivity index (χ0) is 17.5. The predicted molar refractivity (Wildman–Crippen MR) is 92.1 cm³/mol. The lowest BCUT2D eigenvalue weighted by Gasteiger charge is -2.27. The monoisotopic (exact) mass is 330 g/mol. The first kappa shape index (κ1) is 17.9. The van der Waals surface area contributed by atoms with Crippen LogP contribution in [-0.2, 0) is 0 Å². The van der Waals surface area contributed by atoms with Gasteiger partial charge in [0.15, 0.2) is 0 Å². The van der Waals surface area contributed by atoms with Gasteiger partial charge in [-0.05, 0) is 31.7 Å². The Hall–Kier alpha value is -2.44. The summed E-state index contributed by atoms with van der Waals surface area (Å²) in [5.74, 6) is 0.499. The highest BCUT2D eigenvalue weighted by molar-refractivity contribution is 5.35. The second kappa shape index (κ2) is 8.42. The van der Waals surface area contributed by atoms with Gasteiger partial charge in [0.2, 0.25) is 0 Å². The van der Waals surface area contributed by atoms with E-state index in [0.29, 0.717) is 12.3 Å². The summed E-state index contributed by atoms with van der Waals surface area (Å²) in [6.45, 7) is 2.67. The highest BCUT2D eigenvalue weighted by Crippen LogP contribution is 2.19. The molecule has 0 heterocycles. The van der Waals surface area contributed by atoms with Crippen molar-refractivity contribution < 1.29 is 14.8 Å². The number of likely N-dealkylation sites (N-methyl/N-ethyl adjacent to an activating group) is 1. The summed E-state index contributed by atoms with van der Waals surface area (Å²) in [6, 6.07) is 16.1. The van der Waals surface area contributed by atoms with Crippen LogP contribution in [0, 0.1) is 10.1 Å². The molecule has 0 aromatic heterocycles. The van der Waals surface area contributed by atoms with Gasteiger partial charge in [0, 0.05) is 24.7 Å². The van der Waals surface area contributed by atoms with Crippen LogP contribution in [0.5, 0.6) is 5.75 Å². The van der Waals surface area contributed by atoms with Gasteiger partial charge in [-0.1, -0.05) is 30.3 Å². The molecule has 0 aliphatic heterocycles. The van der Waals surface area contributed by atoms with E-state index in [2.05, 4.69) is 24.0 Å². The Kier molecular flexibility index (Phi) is 6.28. The zero-order valence-corrected chi connectivity index (χ0v) is 13.8. The third-order valence-corrected chi connectivity index (χ3v) is 3.93. The number of nitro benzene ring substituents is 1. The van der Waals surface area contributed by atoms with Crippen molar-refractivity contribution in [1.82, 2.24) is 4.90 Å². The molecule has 24 heavy (non-hydrogen) atoms. The van der Waals surface area contributed by atoms with Gasteiger partial charge in [-0.3, -0.25) is 15.0 Å². The Labute approximate surface area is 141 Å². The number of rotatable bonds is 8. The molecule has 0 fully saturated rings. The van der Waals surface area contributed by atoms with Crippen LogP contribution in [0.15, 0.2) is 54.6 Å². The molecule has 2 aromatic carbocycles. The summed E-state index contributed by atoms with van der Waals surface area (Å²) in [5.41, 5.74) is 1.20. The van der Waals surface area contributed by atoms with Crippen LogP contribution in [0.25, 0.3) is 0 Å². The van der Waals surface area contributed by atoms with Crippen molar-refractivity contribution in [2.24, 2.45) is 0 Å². The molecule has 0 aliphatic carbocycles. The maximum Gasteiger partial charge on any atom is 0.269 e. The topological polar surface area (TPSA) is 75.8 Å². The number of ether oxygens (including phenoxy) is 1. The highest BCUT2D eigenvalue weighted by Gasteiger charge is 2.16. The number of aliphatic hydroxyl groups is 1. The minimum Gasteiger partial charge on any atom is -0.491 e. The first-order valence-electron chi connectivity index (χ1n) is 7.78. The van der Waals surface area contributed by atoms with E-state index in [1.165, 1.54) is 29.8 Å². The van der Waals surface area contributed by atoms with Crippen molar-refractivity contribution in [2.45, 2.75) is 19.1 Å². The molecule has 2 aromatic rings. The maximum atomic E-state index is 10.6. The van der Waals surface area contributed by atoms with E-state index in [-0.39, 0.29) is 18.3 Å². The van der Waals surface area contributed by atoms with Crippen LogP contribution in [0.2, 0.25) is 0 Å². The largest absolute Gasteiger partial charge is 0.491 e. The van der Waals surface area contributed by atoms with Gasteiger partial charge in [-0.15, -0.1) is 0 Å². The van der Waals surface area contributed by atoms with Crippen LogP contribution >= 0.6 is 0 Å². The normalized spacial score (nSPS) is 13.5. The summed E-state index contributed by atoms with van der Waals surface area (Å²) in [7, 11) is 1.95. The van der Waals surface area contributed by atoms with Crippen LogP contribution < -0.4 is 4.74 Å². The summed E-state index contributed by atoms with van der Waals surface area (Å²) in [6.07, 6.45) is -0.656. The molecule has 0 bridgehead atoms. The van der Waals surface area contributed by atoms with Crippen molar-refractivity contribution >= 4 is 5.69 Å². The van der Waals surface area contributed by atoms with Gasteiger partial charge in [-0.2, -0.15) is 0 Å². The second-order valence-corrected chi connectivity index (χ2v) is 5.74. The number of aliphatic hydroxyl groups excluding tert-OH is 1. The SMILES string of the molecule is CC(c1ccccc1)N(C)CC(O)COc1ccc([N+](=O)[O-])cc1. The van der Waals surface area contributed by atoms with Gasteiger partial charge in [0.25, 0.3) is 5.69 Å². The number of hydrogen-bond donors (Lipinski definition) is 1. The van der Waals surface area contributed by atoms with E-state index in [0.717, 1.165) is 0 Å². The maximum absolute atomic E-state index is 10.6. The number of nitrogens with zero attached hydrogens (tertiary/aromatic N) is 2. The standard InChI is InChI=1S/C18H22N2O4/c1-14(15-6-4-3-5-7-15)19(2)12-17(21)13-24-18-10-8-16(9-11-18)20(22)23/h3-11,14,17,21H,12-13H2,1-2H3. The molecule has 0 spiro atoms. The molecule has 128 valence electrons. The Bertz CT molecular complexity index is 646.